The number of fused-ring (bicyclic) bond motifs is 8. The van der Waals surface area contributed by atoms with Crippen molar-refractivity contribution in [3.8, 4) is 0 Å². The maximum atomic E-state index is 13.3. The molecular formula is C49H58N4O11S. The maximum Gasteiger partial charge on any atom is 0.306 e. The van der Waals surface area contributed by atoms with Crippen LogP contribution in [0.25, 0.3) is 50.4 Å². The van der Waals surface area contributed by atoms with Crippen molar-refractivity contribution in [1.82, 2.24) is 19.9 Å². The number of carbonyl (C=O) groups is 5. The zero-order chi connectivity index (χ0) is 47.3. The molecule has 16 heteroatoms. The van der Waals surface area contributed by atoms with Gasteiger partial charge < -0.3 is 38.4 Å². The molecule has 1 fully saturated rings. The van der Waals surface area contributed by atoms with Gasteiger partial charge in [-0.15, -0.1) is 11.8 Å². The molecular weight excluding hydrogens is 853 g/mol. The first-order valence-corrected chi connectivity index (χ1v) is 22.8. The molecule has 0 amide bonds. The first kappa shape index (κ1) is 48.5. The summed E-state index contributed by atoms with van der Waals surface area (Å²) in [7, 11) is 0. The molecule has 15 nitrogen and oxygen atoms in total. The second kappa shape index (κ2) is 20.9. The molecule has 2 N–H and O–H groups in total. The Balaban J connectivity index is 1.21. The Morgan fingerprint density at radius 3 is 1.98 bits per heavy atom. The molecule has 346 valence electrons. The highest BCUT2D eigenvalue weighted by Gasteiger charge is 2.52. The monoisotopic (exact) mass is 910 g/mol. The zero-order valence-electron chi connectivity index (χ0n) is 38.7. The van der Waals surface area contributed by atoms with E-state index in [1.165, 1.54) is 45.0 Å². The fourth-order valence-electron chi connectivity index (χ4n) is 8.40. The largest absolute Gasteiger partial charge is 0.466 e. The van der Waals surface area contributed by atoms with Crippen molar-refractivity contribution in [1.29, 1.82) is 0 Å². The van der Waals surface area contributed by atoms with E-state index in [1.54, 1.807) is 0 Å². The van der Waals surface area contributed by atoms with Crippen LogP contribution >= 0.6 is 11.8 Å². The predicted molar refractivity (Wildman–Crippen MR) is 250 cm³/mol. The van der Waals surface area contributed by atoms with Crippen LogP contribution < -0.4 is 0 Å². The lowest BCUT2D eigenvalue weighted by Crippen LogP contribution is -2.61. The van der Waals surface area contributed by atoms with Crippen molar-refractivity contribution >= 4 is 92.0 Å². The number of aromatic amines is 2. The topological polar surface area (TPSA) is 198 Å². The molecule has 6 rings (SSSR count). The Morgan fingerprint density at radius 2 is 1.32 bits per heavy atom. The number of carbonyl (C=O) groups excluding carboxylic acids is 5. The van der Waals surface area contributed by atoms with Gasteiger partial charge in [-0.25, -0.2) is 9.97 Å². The van der Waals surface area contributed by atoms with E-state index < -0.39 is 53.7 Å². The molecule has 3 aliphatic heterocycles. The normalized spacial score (nSPS) is 19.4. The van der Waals surface area contributed by atoms with Crippen LogP contribution in [0.2, 0.25) is 0 Å². The first-order valence-electron chi connectivity index (χ1n) is 21.7. The van der Waals surface area contributed by atoms with E-state index in [9.17, 15) is 24.0 Å². The van der Waals surface area contributed by atoms with E-state index in [1.807, 2.05) is 19.9 Å². The van der Waals surface area contributed by atoms with Gasteiger partial charge in [0.2, 0.25) is 0 Å². The van der Waals surface area contributed by atoms with Crippen LogP contribution in [0.15, 0.2) is 30.8 Å². The third kappa shape index (κ3) is 11.1. The van der Waals surface area contributed by atoms with Crippen LogP contribution in [0, 0.1) is 20.8 Å². The lowest BCUT2D eigenvalue weighted by atomic mass is 9.99. The van der Waals surface area contributed by atoms with Gasteiger partial charge in [0.15, 0.2) is 18.3 Å². The molecule has 0 radical (unpaired) electrons. The summed E-state index contributed by atoms with van der Waals surface area (Å²) < 4.78 is 33.6. The number of hydrogen-bond donors (Lipinski definition) is 2. The van der Waals surface area contributed by atoms with Gasteiger partial charge in [-0.1, -0.05) is 19.6 Å². The fourth-order valence-corrected chi connectivity index (χ4v) is 9.54. The average molecular weight is 911 g/mol. The Kier molecular flexibility index (Phi) is 15.6. The highest BCUT2D eigenvalue weighted by atomic mass is 32.2. The van der Waals surface area contributed by atoms with Gasteiger partial charge in [-0.2, -0.15) is 0 Å². The average Bonchev–Trinajstić information content (AvgIpc) is 3.94. The van der Waals surface area contributed by atoms with Crippen LogP contribution in [0.3, 0.4) is 0 Å². The molecule has 0 saturated carbocycles. The summed E-state index contributed by atoms with van der Waals surface area (Å²) in [6.07, 6.45) is -1.13. The molecule has 6 heterocycles. The molecule has 8 bridgehead atoms. The summed E-state index contributed by atoms with van der Waals surface area (Å²) in [5, 5.41) is 0. The minimum atomic E-state index is -1.26. The third-order valence-corrected chi connectivity index (χ3v) is 12.9. The quantitative estimate of drug-likeness (QED) is 0.0834. The van der Waals surface area contributed by atoms with E-state index in [0.29, 0.717) is 18.6 Å². The Morgan fingerprint density at radius 1 is 0.723 bits per heavy atom. The predicted octanol–water partition coefficient (Wildman–Crippen LogP) is 8.68. The molecule has 3 aromatic rings. The second-order valence-corrected chi connectivity index (χ2v) is 17.5. The summed E-state index contributed by atoms with van der Waals surface area (Å²) in [5.41, 5.74) is 14.5. The molecule has 0 aliphatic carbocycles. The van der Waals surface area contributed by atoms with Crippen molar-refractivity contribution in [2.24, 2.45) is 0 Å². The number of aryl methyl sites for hydroxylation is 3. The molecule has 1 saturated heterocycles. The summed E-state index contributed by atoms with van der Waals surface area (Å²) in [5.74, 6) is -2.71. The number of H-pyrrole nitrogens is 2. The van der Waals surface area contributed by atoms with Crippen molar-refractivity contribution in [3.63, 3.8) is 0 Å². The van der Waals surface area contributed by atoms with Gasteiger partial charge in [0, 0.05) is 61.7 Å². The van der Waals surface area contributed by atoms with E-state index in [2.05, 4.69) is 68.5 Å². The number of nitrogens with zero attached hydrogens (tertiary/aromatic N) is 2. The fraction of sp³-hybridized carbons (Fsp3) is 0.449. The minimum absolute atomic E-state index is 0.0867. The number of allylic oxidation sites excluding steroid dienone is 4. The van der Waals surface area contributed by atoms with Crippen LogP contribution in [0.4, 0.5) is 0 Å². The number of esters is 5. The van der Waals surface area contributed by atoms with Crippen LogP contribution in [0.1, 0.15) is 119 Å². The van der Waals surface area contributed by atoms with Crippen LogP contribution in [-0.2, 0) is 52.4 Å². The lowest BCUT2D eigenvalue weighted by Gasteiger charge is -2.44. The highest BCUT2D eigenvalue weighted by molar-refractivity contribution is 7.99. The van der Waals surface area contributed by atoms with Gasteiger partial charge in [0.25, 0.3) is 0 Å². The van der Waals surface area contributed by atoms with Crippen molar-refractivity contribution in [2.75, 3.05) is 19.0 Å². The van der Waals surface area contributed by atoms with E-state index in [4.69, 9.17) is 38.4 Å². The number of thioether (sulfide) groups is 1. The van der Waals surface area contributed by atoms with Gasteiger partial charge in [0.05, 0.1) is 29.4 Å². The first-order chi connectivity index (χ1) is 30.9. The number of hydrogen-bond acceptors (Lipinski definition) is 14. The smallest absolute Gasteiger partial charge is 0.306 e. The molecule has 3 aromatic heterocycles. The standard InChI is InChI=1S/C49H58N4O11S/c1-12-33-26(5)39-22-42-34(13-2)25(4)38(51-42)21-40-27(6)35(45(53-40)28(7)37-19-24(3)36(50-37)20-41(33)52-39)15-16-44(58)59-17-14-18-65-49-48(63-32(11)57)47(62-31(10)56)46(61-30(9)55)43(64-49)23-60-29(8)54/h13,19-22,43,46-51H,2,12,14-18,23H2,1,3-11H3/t43-,46-,47+,48-,49+/m1/s1. The molecule has 65 heavy (non-hydrogen) atoms. The van der Waals surface area contributed by atoms with E-state index in [-0.39, 0.29) is 25.6 Å². The van der Waals surface area contributed by atoms with Gasteiger partial charge in [-0.05, 0) is 123 Å². The summed E-state index contributed by atoms with van der Waals surface area (Å²) in [4.78, 5) is 79.1. The Hall–Kier alpha value is -6.00. The third-order valence-electron chi connectivity index (χ3n) is 11.7. The molecule has 3 aliphatic rings. The summed E-state index contributed by atoms with van der Waals surface area (Å²) in [6, 6.07) is 8.38. The van der Waals surface area contributed by atoms with E-state index >= 15 is 0 Å². The minimum Gasteiger partial charge on any atom is -0.466 e. The number of rotatable bonds is 15. The van der Waals surface area contributed by atoms with Crippen LogP contribution in [0.5, 0.6) is 0 Å². The molecule has 0 spiro atoms. The Labute approximate surface area is 382 Å². The zero-order valence-corrected chi connectivity index (χ0v) is 39.5. The highest BCUT2D eigenvalue weighted by Crippen LogP contribution is 2.38. The summed E-state index contributed by atoms with van der Waals surface area (Å²) in [6.45, 7) is 21.1. The molecule has 5 atom stereocenters. The van der Waals surface area contributed by atoms with Crippen molar-refractivity contribution in [3.05, 3.63) is 75.9 Å². The lowest BCUT2D eigenvalue weighted by molar-refractivity contribution is -0.237. The molecule has 0 aromatic carbocycles. The summed E-state index contributed by atoms with van der Waals surface area (Å²) >= 11 is 1.22. The number of ether oxygens (including phenoxy) is 6. The van der Waals surface area contributed by atoms with Crippen molar-refractivity contribution < 1.29 is 52.4 Å². The maximum absolute atomic E-state index is 13.3. The van der Waals surface area contributed by atoms with Crippen molar-refractivity contribution in [2.45, 2.75) is 125 Å². The second-order valence-electron chi connectivity index (χ2n) is 16.3. The van der Waals surface area contributed by atoms with Gasteiger partial charge in [0.1, 0.15) is 18.1 Å². The SMILES string of the molecule is C=Cc1c(C)c2cc3nc(c(C)c4cc(C)c(cc5nc(cc1[nH]2)C(C)=C5CC)[nH]4)C(CCC(=O)OCCCS[C@@H]1O[C@H](COC(C)=O)[C@@H](OC(C)=O)[C@H](OC(C)=O)[C@H]1OC(C)=O)=C3C. The number of nitrogens with one attached hydrogen (secondary N) is 2. The van der Waals surface area contributed by atoms with E-state index in [0.717, 1.165) is 90.2 Å². The van der Waals surface area contributed by atoms with Gasteiger partial charge in [-0.3, -0.25) is 24.0 Å². The van der Waals surface area contributed by atoms with Crippen LogP contribution in [-0.4, -0.2) is 98.6 Å². The molecule has 0 unspecified atom stereocenters. The van der Waals surface area contributed by atoms with Gasteiger partial charge >= 0.3 is 29.8 Å². The number of aromatic nitrogens is 4. The Bertz CT molecular complexity index is 2640.